The fourth-order valence-corrected chi connectivity index (χ4v) is 2.85. The van der Waals surface area contributed by atoms with Gasteiger partial charge >= 0.3 is 5.97 Å². The highest BCUT2D eigenvalue weighted by Crippen LogP contribution is 2.26. The molecule has 22 heavy (non-hydrogen) atoms. The number of carbonyl (C=O) groups is 1. The Labute approximate surface area is 128 Å². The van der Waals surface area contributed by atoms with Gasteiger partial charge in [0.05, 0.1) is 0 Å². The maximum atomic E-state index is 12.0. The first-order valence-corrected chi connectivity index (χ1v) is 7.40. The zero-order valence-electron chi connectivity index (χ0n) is 12.1. The molecular formula is C18H17NO3. The van der Waals surface area contributed by atoms with Crippen molar-refractivity contribution in [3.05, 3.63) is 63.5 Å². The number of aromatic nitrogens is 1. The SMILES string of the molecule is O=C(O)/C=C/c1ccc(-c2ccc3c(c2)CCCC3)[nH]c1=O. The molecular weight excluding hydrogens is 278 g/mol. The van der Waals surface area contributed by atoms with Crippen LogP contribution in [-0.4, -0.2) is 16.1 Å². The Balaban J connectivity index is 1.94. The van der Waals surface area contributed by atoms with Crippen LogP contribution in [0.15, 0.2) is 41.2 Å². The smallest absolute Gasteiger partial charge is 0.328 e. The predicted octanol–water partition coefficient (Wildman–Crippen LogP) is 3.02. The number of rotatable bonds is 3. The number of nitrogens with one attached hydrogen (secondary N) is 1. The first kappa shape index (κ1) is 14.3. The van der Waals surface area contributed by atoms with E-state index in [4.69, 9.17) is 5.11 Å². The summed E-state index contributed by atoms with van der Waals surface area (Å²) in [5.74, 6) is -1.07. The fraction of sp³-hybridized carbons (Fsp3) is 0.222. The van der Waals surface area contributed by atoms with Gasteiger partial charge in [-0.15, -0.1) is 0 Å². The van der Waals surface area contributed by atoms with Crippen LogP contribution in [0.4, 0.5) is 0 Å². The second-order valence-corrected chi connectivity index (χ2v) is 5.52. The molecule has 1 heterocycles. The van der Waals surface area contributed by atoms with Crippen LogP contribution in [0.2, 0.25) is 0 Å². The lowest BCUT2D eigenvalue weighted by molar-refractivity contribution is -0.131. The van der Waals surface area contributed by atoms with Gasteiger partial charge in [-0.2, -0.15) is 0 Å². The number of aryl methyl sites for hydroxylation is 2. The molecule has 0 fully saturated rings. The number of aliphatic carboxylic acids is 1. The summed E-state index contributed by atoms with van der Waals surface area (Å²) >= 11 is 0. The number of benzene rings is 1. The highest BCUT2D eigenvalue weighted by atomic mass is 16.4. The summed E-state index contributed by atoms with van der Waals surface area (Å²) in [7, 11) is 0. The van der Waals surface area contributed by atoms with Crippen LogP contribution < -0.4 is 5.56 Å². The van der Waals surface area contributed by atoms with Gasteiger partial charge in [0.2, 0.25) is 0 Å². The topological polar surface area (TPSA) is 70.2 Å². The lowest BCUT2D eigenvalue weighted by Crippen LogP contribution is -2.10. The van der Waals surface area contributed by atoms with Crippen LogP contribution in [0.5, 0.6) is 0 Å². The number of hydrogen-bond acceptors (Lipinski definition) is 2. The summed E-state index contributed by atoms with van der Waals surface area (Å²) < 4.78 is 0. The minimum Gasteiger partial charge on any atom is -0.478 e. The number of carboxylic acids is 1. The Hall–Kier alpha value is -2.62. The van der Waals surface area contributed by atoms with Gasteiger partial charge in [0.15, 0.2) is 0 Å². The van der Waals surface area contributed by atoms with Crippen molar-refractivity contribution in [3.63, 3.8) is 0 Å². The van der Waals surface area contributed by atoms with E-state index in [0.717, 1.165) is 30.2 Å². The third kappa shape index (κ3) is 3.01. The minimum atomic E-state index is -1.07. The number of H-pyrrole nitrogens is 1. The van der Waals surface area contributed by atoms with Crippen LogP contribution in [-0.2, 0) is 17.6 Å². The van der Waals surface area contributed by atoms with E-state index in [1.54, 1.807) is 6.07 Å². The molecule has 0 atom stereocenters. The van der Waals surface area contributed by atoms with Crippen molar-refractivity contribution in [3.8, 4) is 11.3 Å². The van der Waals surface area contributed by atoms with E-state index in [0.29, 0.717) is 5.56 Å². The standard InChI is InChI=1S/C18H17NO3/c20-17(21)10-8-13-7-9-16(19-18(13)22)15-6-5-12-3-1-2-4-14(12)11-15/h5-11H,1-4H2,(H,19,22)(H,20,21)/b10-8+. The first-order chi connectivity index (χ1) is 10.6. The van der Waals surface area contributed by atoms with Crippen molar-refractivity contribution >= 4 is 12.0 Å². The summed E-state index contributed by atoms with van der Waals surface area (Å²) in [6, 6.07) is 9.77. The molecule has 2 aromatic rings. The van der Waals surface area contributed by atoms with E-state index >= 15 is 0 Å². The van der Waals surface area contributed by atoms with Crippen LogP contribution in [0.25, 0.3) is 17.3 Å². The average molecular weight is 295 g/mol. The van der Waals surface area contributed by atoms with Crippen molar-refractivity contribution in [2.45, 2.75) is 25.7 Å². The van der Waals surface area contributed by atoms with E-state index in [9.17, 15) is 9.59 Å². The molecule has 0 amide bonds. The fourth-order valence-electron chi connectivity index (χ4n) is 2.85. The van der Waals surface area contributed by atoms with Crippen molar-refractivity contribution in [2.75, 3.05) is 0 Å². The molecule has 0 unspecified atom stereocenters. The normalized spacial score (nSPS) is 14.0. The molecule has 4 nitrogen and oxygen atoms in total. The number of carboxylic acid groups (broad SMARTS) is 1. The van der Waals surface area contributed by atoms with Gasteiger partial charge in [-0.1, -0.05) is 12.1 Å². The number of pyridine rings is 1. The van der Waals surface area contributed by atoms with Crippen LogP contribution >= 0.6 is 0 Å². The Bertz CT molecular complexity index is 802. The minimum absolute atomic E-state index is 0.285. The van der Waals surface area contributed by atoms with Gasteiger partial charge in [-0.05, 0) is 66.6 Å². The molecule has 2 N–H and O–H groups in total. The van der Waals surface area contributed by atoms with Crippen LogP contribution in [0, 0.1) is 0 Å². The summed E-state index contributed by atoms with van der Waals surface area (Å²) in [4.78, 5) is 25.3. The molecule has 0 aliphatic heterocycles. The zero-order valence-corrected chi connectivity index (χ0v) is 12.1. The Morgan fingerprint density at radius 2 is 1.86 bits per heavy atom. The van der Waals surface area contributed by atoms with E-state index in [-0.39, 0.29) is 5.56 Å². The monoisotopic (exact) mass is 295 g/mol. The molecule has 0 saturated heterocycles. The Morgan fingerprint density at radius 1 is 1.09 bits per heavy atom. The quantitative estimate of drug-likeness (QED) is 0.855. The zero-order chi connectivity index (χ0) is 15.5. The number of aromatic amines is 1. The largest absolute Gasteiger partial charge is 0.478 e. The lowest BCUT2D eigenvalue weighted by Gasteiger charge is -2.16. The molecule has 0 bridgehead atoms. The number of fused-ring (bicyclic) bond motifs is 1. The maximum Gasteiger partial charge on any atom is 0.328 e. The van der Waals surface area contributed by atoms with Crippen molar-refractivity contribution < 1.29 is 9.90 Å². The summed E-state index contributed by atoms with van der Waals surface area (Å²) in [5, 5.41) is 8.61. The Morgan fingerprint density at radius 3 is 2.59 bits per heavy atom. The van der Waals surface area contributed by atoms with Crippen LogP contribution in [0.3, 0.4) is 0 Å². The van der Waals surface area contributed by atoms with E-state index in [1.165, 1.54) is 30.0 Å². The molecule has 4 heteroatoms. The summed E-state index contributed by atoms with van der Waals surface area (Å²) in [6.07, 6.45) is 6.94. The third-order valence-electron chi connectivity index (χ3n) is 4.00. The highest BCUT2D eigenvalue weighted by Gasteiger charge is 2.10. The summed E-state index contributed by atoms with van der Waals surface area (Å²) in [6.45, 7) is 0. The highest BCUT2D eigenvalue weighted by molar-refractivity contribution is 5.85. The van der Waals surface area contributed by atoms with Gasteiger partial charge in [-0.25, -0.2) is 4.79 Å². The van der Waals surface area contributed by atoms with Gasteiger partial charge in [-0.3, -0.25) is 4.79 Å². The molecule has 3 rings (SSSR count). The van der Waals surface area contributed by atoms with Crippen molar-refractivity contribution in [1.82, 2.24) is 4.98 Å². The second-order valence-electron chi connectivity index (χ2n) is 5.52. The molecule has 1 aliphatic carbocycles. The van der Waals surface area contributed by atoms with E-state index in [2.05, 4.69) is 17.1 Å². The molecule has 112 valence electrons. The summed E-state index contributed by atoms with van der Waals surface area (Å²) in [5.41, 5.74) is 4.56. The van der Waals surface area contributed by atoms with Gasteiger partial charge in [0, 0.05) is 17.3 Å². The molecule has 1 aromatic carbocycles. The molecule has 0 saturated carbocycles. The van der Waals surface area contributed by atoms with Crippen LogP contribution in [0.1, 0.15) is 29.5 Å². The van der Waals surface area contributed by atoms with E-state index < -0.39 is 5.97 Å². The third-order valence-corrected chi connectivity index (χ3v) is 4.00. The maximum absolute atomic E-state index is 12.0. The van der Waals surface area contributed by atoms with Crippen molar-refractivity contribution in [2.24, 2.45) is 0 Å². The van der Waals surface area contributed by atoms with Gasteiger partial charge in [0.25, 0.3) is 5.56 Å². The molecule has 1 aromatic heterocycles. The predicted molar refractivity (Wildman–Crippen MR) is 85.8 cm³/mol. The Kier molecular flexibility index (Phi) is 3.92. The second kappa shape index (κ2) is 6.02. The first-order valence-electron chi connectivity index (χ1n) is 7.40. The average Bonchev–Trinajstić information content (AvgIpc) is 2.53. The molecule has 0 radical (unpaired) electrons. The van der Waals surface area contributed by atoms with Gasteiger partial charge in [0.1, 0.15) is 0 Å². The van der Waals surface area contributed by atoms with Crippen molar-refractivity contribution in [1.29, 1.82) is 0 Å². The molecule has 1 aliphatic rings. The lowest BCUT2D eigenvalue weighted by atomic mass is 9.90. The molecule has 0 spiro atoms. The van der Waals surface area contributed by atoms with E-state index in [1.807, 2.05) is 12.1 Å². The number of hydrogen-bond donors (Lipinski definition) is 2. The van der Waals surface area contributed by atoms with Gasteiger partial charge < -0.3 is 10.1 Å².